The molecule has 9 nitrogen and oxygen atoms in total. The Bertz CT molecular complexity index is 1370. The highest BCUT2D eigenvalue weighted by atomic mass is 19.1. The quantitative estimate of drug-likeness (QED) is 0.259. The Morgan fingerprint density at radius 1 is 1.08 bits per heavy atom. The van der Waals surface area contributed by atoms with Gasteiger partial charge in [0.2, 0.25) is 0 Å². The number of benzene rings is 3. The van der Waals surface area contributed by atoms with Gasteiger partial charge in [-0.3, -0.25) is 10.00 Å². The van der Waals surface area contributed by atoms with Crippen LogP contribution >= 0.6 is 0 Å². The number of rotatable bonds is 8. The van der Waals surface area contributed by atoms with Crippen LogP contribution in [0.15, 0.2) is 60.7 Å². The molecule has 5 rings (SSSR count). The number of hydrogen-bond donors (Lipinski definition) is 4. The zero-order chi connectivity index (χ0) is 25.6. The molecule has 0 unspecified atom stereocenters. The minimum atomic E-state index is -0.463. The number of aromatic amines is 1. The Hall–Kier alpha value is -4.15. The van der Waals surface area contributed by atoms with Crippen molar-refractivity contribution >= 4 is 34.1 Å². The third-order valence-corrected chi connectivity index (χ3v) is 6.23. The smallest absolute Gasteiger partial charge is 0.323 e. The fourth-order valence-electron chi connectivity index (χ4n) is 4.38. The summed E-state index contributed by atoms with van der Waals surface area (Å²) < 4.78 is 24.8. The van der Waals surface area contributed by atoms with Gasteiger partial charge in [0.15, 0.2) is 5.82 Å². The summed E-state index contributed by atoms with van der Waals surface area (Å²) in [6.07, 6.45) is 0.911. The first-order valence-electron chi connectivity index (χ1n) is 12.2. The number of fused-ring (bicyclic) bond motifs is 1. The lowest BCUT2D eigenvalue weighted by molar-refractivity contribution is 0.0358. The molecule has 1 aliphatic rings. The van der Waals surface area contributed by atoms with E-state index in [4.69, 9.17) is 15.2 Å². The molecular formula is C27H29FN6O3. The molecule has 3 aromatic carbocycles. The van der Waals surface area contributed by atoms with E-state index in [-0.39, 0.29) is 0 Å². The average molecular weight is 505 g/mol. The molecule has 0 atom stereocenters. The van der Waals surface area contributed by atoms with Crippen LogP contribution in [0.5, 0.6) is 5.75 Å². The van der Waals surface area contributed by atoms with Crippen molar-refractivity contribution in [2.75, 3.05) is 55.8 Å². The van der Waals surface area contributed by atoms with Crippen LogP contribution in [0.1, 0.15) is 6.42 Å². The van der Waals surface area contributed by atoms with Crippen molar-refractivity contribution in [3.05, 3.63) is 66.5 Å². The van der Waals surface area contributed by atoms with Crippen LogP contribution in [0.2, 0.25) is 0 Å². The number of nitrogens with two attached hydrogens (primary N) is 1. The minimum absolute atomic E-state index is 0.371. The summed E-state index contributed by atoms with van der Waals surface area (Å²) in [6, 6.07) is 16.5. The highest BCUT2D eigenvalue weighted by molar-refractivity contribution is 6.04. The van der Waals surface area contributed by atoms with Crippen LogP contribution in [-0.4, -0.2) is 60.6 Å². The summed E-state index contributed by atoms with van der Waals surface area (Å²) in [6.45, 7) is 5.05. The van der Waals surface area contributed by atoms with E-state index in [1.165, 1.54) is 18.2 Å². The number of urea groups is 1. The molecule has 0 radical (unpaired) electrons. The first kappa shape index (κ1) is 24.5. The molecule has 0 spiro atoms. The third kappa shape index (κ3) is 5.99. The van der Waals surface area contributed by atoms with E-state index in [2.05, 4.69) is 25.7 Å². The molecule has 0 saturated carbocycles. The normalized spacial score (nSPS) is 14.0. The Morgan fingerprint density at radius 3 is 2.65 bits per heavy atom. The van der Waals surface area contributed by atoms with Gasteiger partial charge in [0.25, 0.3) is 0 Å². The lowest BCUT2D eigenvalue weighted by atomic mass is 10.0. The van der Waals surface area contributed by atoms with Gasteiger partial charge >= 0.3 is 6.03 Å². The molecule has 0 bridgehead atoms. The Morgan fingerprint density at radius 2 is 1.86 bits per heavy atom. The van der Waals surface area contributed by atoms with E-state index in [0.717, 1.165) is 61.3 Å². The maximum absolute atomic E-state index is 13.3. The number of nitrogens with zero attached hydrogens (tertiary/aromatic N) is 2. The summed E-state index contributed by atoms with van der Waals surface area (Å²) in [4.78, 5) is 14.7. The molecule has 4 aromatic rings. The molecule has 5 N–H and O–H groups in total. The molecule has 1 fully saturated rings. The van der Waals surface area contributed by atoms with Crippen molar-refractivity contribution in [1.82, 2.24) is 15.1 Å². The van der Waals surface area contributed by atoms with Crippen LogP contribution < -0.4 is 21.1 Å². The summed E-state index contributed by atoms with van der Waals surface area (Å²) in [5.74, 6) is 0.675. The molecule has 192 valence electrons. The SMILES string of the molecule is Nc1n[nH]c2c(OCCCN3CCOCC3)ccc(-c3ccc(NC(=O)Nc4cccc(F)c4)cc3)c12. The standard InChI is InChI=1S/C27H29FN6O3/c28-19-3-1-4-21(17-19)31-27(35)30-20-7-5-18(6-8-20)22-9-10-23(25-24(22)26(29)33-32-25)37-14-2-11-34-12-15-36-16-13-34/h1,3-10,17H,2,11-16H2,(H3,29,32,33)(H2,30,31,35). The number of carbonyl (C=O) groups is 1. The van der Waals surface area contributed by atoms with Crippen LogP contribution in [0, 0.1) is 5.82 Å². The van der Waals surface area contributed by atoms with Gasteiger partial charge in [-0.05, 0) is 60.0 Å². The van der Waals surface area contributed by atoms with E-state index in [1.54, 1.807) is 18.2 Å². The number of anilines is 3. The second-order valence-electron chi connectivity index (χ2n) is 8.79. The highest BCUT2D eigenvalue weighted by Gasteiger charge is 2.15. The van der Waals surface area contributed by atoms with Gasteiger partial charge < -0.3 is 25.8 Å². The minimum Gasteiger partial charge on any atom is -0.491 e. The second-order valence-corrected chi connectivity index (χ2v) is 8.79. The van der Waals surface area contributed by atoms with E-state index in [1.807, 2.05) is 24.3 Å². The zero-order valence-corrected chi connectivity index (χ0v) is 20.3. The third-order valence-electron chi connectivity index (χ3n) is 6.23. The second kappa shape index (κ2) is 11.3. The van der Waals surface area contributed by atoms with E-state index < -0.39 is 11.8 Å². The van der Waals surface area contributed by atoms with Gasteiger partial charge in [0, 0.05) is 31.0 Å². The highest BCUT2D eigenvalue weighted by Crippen LogP contribution is 2.36. The number of carbonyl (C=O) groups excluding carboxylic acids is 1. The molecule has 1 aliphatic heterocycles. The number of nitrogens with one attached hydrogen (secondary N) is 3. The van der Waals surface area contributed by atoms with Crippen molar-refractivity contribution in [1.29, 1.82) is 0 Å². The molecule has 0 aliphatic carbocycles. The van der Waals surface area contributed by atoms with Crippen LogP contribution in [-0.2, 0) is 4.74 Å². The van der Waals surface area contributed by atoms with Gasteiger partial charge in [-0.15, -0.1) is 0 Å². The van der Waals surface area contributed by atoms with Crippen molar-refractivity contribution < 1.29 is 18.7 Å². The van der Waals surface area contributed by atoms with Crippen molar-refractivity contribution in [2.24, 2.45) is 0 Å². The van der Waals surface area contributed by atoms with Crippen LogP contribution in [0.4, 0.5) is 26.4 Å². The van der Waals surface area contributed by atoms with Crippen LogP contribution in [0.25, 0.3) is 22.0 Å². The molecular weight excluding hydrogens is 475 g/mol. The van der Waals surface area contributed by atoms with Gasteiger partial charge in [-0.25, -0.2) is 9.18 Å². The summed E-state index contributed by atoms with van der Waals surface area (Å²) in [5.41, 5.74) is 9.73. The van der Waals surface area contributed by atoms with E-state index >= 15 is 0 Å². The lowest BCUT2D eigenvalue weighted by Crippen LogP contribution is -2.37. The maximum Gasteiger partial charge on any atom is 0.323 e. The predicted molar refractivity (Wildman–Crippen MR) is 142 cm³/mol. The van der Waals surface area contributed by atoms with Crippen molar-refractivity contribution in [3.8, 4) is 16.9 Å². The zero-order valence-electron chi connectivity index (χ0n) is 20.3. The number of halogens is 1. The Labute approximate surface area is 213 Å². The van der Waals surface area contributed by atoms with Gasteiger partial charge in [0.05, 0.1) is 25.2 Å². The fourth-order valence-corrected chi connectivity index (χ4v) is 4.38. The summed E-state index contributed by atoms with van der Waals surface area (Å²) in [5, 5.41) is 13.4. The largest absolute Gasteiger partial charge is 0.491 e. The van der Waals surface area contributed by atoms with Crippen molar-refractivity contribution in [3.63, 3.8) is 0 Å². The monoisotopic (exact) mass is 504 g/mol. The van der Waals surface area contributed by atoms with Gasteiger partial charge in [0.1, 0.15) is 17.1 Å². The Balaban J connectivity index is 1.24. The number of nitrogen functional groups attached to an aromatic ring is 1. The first-order valence-corrected chi connectivity index (χ1v) is 12.2. The molecule has 10 heteroatoms. The number of morpholine rings is 1. The predicted octanol–water partition coefficient (Wildman–Crippen LogP) is 4.70. The number of amides is 2. The van der Waals surface area contributed by atoms with Crippen LogP contribution in [0.3, 0.4) is 0 Å². The fraction of sp³-hybridized carbons (Fsp3) is 0.259. The number of H-pyrrole nitrogens is 1. The molecule has 2 amide bonds. The Kier molecular flexibility index (Phi) is 7.48. The number of aromatic nitrogens is 2. The number of ether oxygens (including phenoxy) is 2. The summed E-state index contributed by atoms with van der Waals surface area (Å²) >= 11 is 0. The molecule has 1 saturated heterocycles. The first-order chi connectivity index (χ1) is 18.1. The van der Waals surface area contributed by atoms with Crippen molar-refractivity contribution in [2.45, 2.75) is 6.42 Å². The molecule has 1 aromatic heterocycles. The van der Waals surface area contributed by atoms with E-state index in [0.29, 0.717) is 29.5 Å². The van der Waals surface area contributed by atoms with Gasteiger partial charge in [-0.2, -0.15) is 5.10 Å². The topological polar surface area (TPSA) is 118 Å². The lowest BCUT2D eigenvalue weighted by Gasteiger charge is -2.26. The maximum atomic E-state index is 13.3. The average Bonchev–Trinajstić information content (AvgIpc) is 3.30. The van der Waals surface area contributed by atoms with E-state index in [9.17, 15) is 9.18 Å². The van der Waals surface area contributed by atoms with Gasteiger partial charge in [-0.1, -0.05) is 18.2 Å². The molecule has 37 heavy (non-hydrogen) atoms. The molecule has 2 heterocycles. The number of hydrogen-bond acceptors (Lipinski definition) is 6. The summed E-state index contributed by atoms with van der Waals surface area (Å²) in [7, 11) is 0.